The molecule has 2 amide bonds. The van der Waals surface area contributed by atoms with E-state index in [0.29, 0.717) is 18.7 Å². The number of carbonyl (C=O) groups excluding carboxylic acids is 2. The normalized spacial score (nSPS) is 11.3. The standard InChI is InChI=1S/C19H23N3O4S/c1-4-22(5-2)27(25,26)17-12-10-16(11-13-17)19(24)21-20-18(23)15-8-6-14(3)7-9-15/h6-13H,4-5H2,1-3H3,(H,20,23)(H,21,24). The summed E-state index contributed by atoms with van der Waals surface area (Å²) in [5.74, 6) is -0.980. The molecule has 0 atom stereocenters. The largest absolute Gasteiger partial charge is 0.269 e. The molecule has 8 heteroatoms. The van der Waals surface area contributed by atoms with E-state index in [9.17, 15) is 18.0 Å². The predicted octanol–water partition coefficient (Wildman–Crippen LogP) is 2.10. The Morgan fingerprint density at radius 2 is 1.22 bits per heavy atom. The third-order valence-electron chi connectivity index (χ3n) is 4.06. The fourth-order valence-electron chi connectivity index (χ4n) is 2.45. The highest BCUT2D eigenvalue weighted by atomic mass is 32.2. The number of benzene rings is 2. The SMILES string of the molecule is CCN(CC)S(=O)(=O)c1ccc(C(=O)NNC(=O)c2ccc(C)cc2)cc1. The molecule has 2 aromatic rings. The molecule has 2 aromatic carbocycles. The third-order valence-corrected chi connectivity index (χ3v) is 6.13. The lowest BCUT2D eigenvalue weighted by molar-refractivity contribution is 0.0846. The molecule has 0 aliphatic rings. The molecule has 0 aliphatic heterocycles. The van der Waals surface area contributed by atoms with E-state index >= 15 is 0 Å². The summed E-state index contributed by atoms with van der Waals surface area (Å²) >= 11 is 0. The number of amides is 2. The van der Waals surface area contributed by atoms with Gasteiger partial charge in [0.25, 0.3) is 11.8 Å². The van der Waals surface area contributed by atoms with Crippen molar-refractivity contribution in [2.24, 2.45) is 0 Å². The van der Waals surface area contributed by atoms with Crippen LogP contribution in [0.3, 0.4) is 0 Å². The first-order valence-electron chi connectivity index (χ1n) is 8.57. The van der Waals surface area contributed by atoms with Gasteiger partial charge >= 0.3 is 0 Å². The fraction of sp³-hybridized carbons (Fsp3) is 0.263. The van der Waals surface area contributed by atoms with Crippen LogP contribution in [0.25, 0.3) is 0 Å². The molecule has 0 spiro atoms. The molecule has 2 rings (SSSR count). The maximum absolute atomic E-state index is 12.4. The minimum Gasteiger partial charge on any atom is -0.267 e. The Labute approximate surface area is 159 Å². The van der Waals surface area contributed by atoms with Crippen molar-refractivity contribution in [1.29, 1.82) is 0 Å². The van der Waals surface area contributed by atoms with E-state index in [0.717, 1.165) is 5.56 Å². The summed E-state index contributed by atoms with van der Waals surface area (Å²) in [7, 11) is -3.58. The van der Waals surface area contributed by atoms with Crippen LogP contribution in [0.15, 0.2) is 53.4 Å². The van der Waals surface area contributed by atoms with E-state index in [1.807, 2.05) is 6.92 Å². The van der Waals surface area contributed by atoms with Crippen molar-refractivity contribution < 1.29 is 18.0 Å². The molecule has 7 nitrogen and oxygen atoms in total. The summed E-state index contributed by atoms with van der Waals surface area (Å²) in [6.45, 7) is 6.17. The fourth-order valence-corrected chi connectivity index (χ4v) is 3.91. The Morgan fingerprint density at radius 3 is 1.63 bits per heavy atom. The van der Waals surface area contributed by atoms with Gasteiger partial charge in [0, 0.05) is 24.2 Å². The van der Waals surface area contributed by atoms with Crippen LogP contribution in [0.1, 0.15) is 40.1 Å². The number of sulfonamides is 1. The van der Waals surface area contributed by atoms with Crippen LogP contribution in [0.4, 0.5) is 0 Å². The van der Waals surface area contributed by atoms with Gasteiger partial charge in [-0.1, -0.05) is 31.5 Å². The molecule has 0 saturated heterocycles. The highest BCUT2D eigenvalue weighted by Crippen LogP contribution is 2.16. The third kappa shape index (κ3) is 4.93. The van der Waals surface area contributed by atoms with Crippen molar-refractivity contribution in [3.8, 4) is 0 Å². The molecule has 0 fully saturated rings. The second kappa shape index (κ2) is 8.79. The van der Waals surface area contributed by atoms with Gasteiger partial charge in [-0.15, -0.1) is 0 Å². The molecule has 27 heavy (non-hydrogen) atoms. The summed E-state index contributed by atoms with van der Waals surface area (Å²) in [5.41, 5.74) is 6.33. The van der Waals surface area contributed by atoms with Crippen molar-refractivity contribution in [3.05, 3.63) is 65.2 Å². The van der Waals surface area contributed by atoms with Gasteiger partial charge in [0.15, 0.2) is 0 Å². The Balaban J connectivity index is 2.03. The lowest BCUT2D eigenvalue weighted by atomic mass is 10.1. The molecule has 2 N–H and O–H groups in total. The van der Waals surface area contributed by atoms with Crippen molar-refractivity contribution in [2.75, 3.05) is 13.1 Å². The van der Waals surface area contributed by atoms with Crippen LogP contribution in [-0.2, 0) is 10.0 Å². The number of rotatable bonds is 6. The smallest absolute Gasteiger partial charge is 0.267 e. The second-order valence-electron chi connectivity index (χ2n) is 5.89. The molecular weight excluding hydrogens is 366 g/mol. The maximum Gasteiger partial charge on any atom is 0.269 e. The number of nitrogens with zero attached hydrogens (tertiary/aromatic N) is 1. The van der Waals surface area contributed by atoms with Crippen LogP contribution in [0.2, 0.25) is 0 Å². The van der Waals surface area contributed by atoms with Crippen molar-refractivity contribution in [3.63, 3.8) is 0 Å². The van der Waals surface area contributed by atoms with E-state index in [1.165, 1.54) is 28.6 Å². The number of aryl methyl sites for hydroxylation is 1. The van der Waals surface area contributed by atoms with Crippen molar-refractivity contribution in [2.45, 2.75) is 25.7 Å². The number of carbonyl (C=O) groups is 2. The quantitative estimate of drug-likeness (QED) is 0.740. The van der Waals surface area contributed by atoms with Gasteiger partial charge in [-0.3, -0.25) is 20.4 Å². The molecule has 0 unspecified atom stereocenters. The Hall–Kier alpha value is -2.71. The van der Waals surface area contributed by atoms with Crippen LogP contribution in [0, 0.1) is 6.92 Å². The van der Waals surface area contributed by atoms with Gasteiger partial charge in [0.05, 0.1) is 4.90 Å². The second-order valence-corrected chi connectivity index (χ2v) is 7.83. The van der Waals surface area contributed by atoms with Crippen LogP contribution < -0.4 is 10.9 Å². The average molecular weight is 389 g/mol. The average Bonchev–Trinajstić information content (AvgIpc) is 2.67. The molecule has 0 heterocycles. The summed E-state index contributed by atoms with van der Waals surface area (Å²) in [6.07, 6.45) is 0. The van der Waals surface area contributed by atoms with Crippen LogP contribution >= 0.6 is 0 Å². The van der Waals surface area contributed by atoms with E-state index in [-0.39, 0.29) is 10.5 Å². The summed E-state index contributed by atoms with van der Waals surface area (Å²) < 4.78 is 26.2. The molecule has 144 valence electrons. The number of hydrazine groups is 1. The van der Waals surface area contributed by atoms with Gasteiger partial charge in [0.2, 0.25) is 10.0 Å². The molecule has 0 bridgehead atoms. The lowest BCUT2D eigenvalue weighted by Crippen LogP contribution is -2.41. The lowest BCUT2D eigenvalue weighted by Gasteiger charge is -2.18. The summed E-state index contributed by atoms with van der Waals surface area (Å²) in [4.78, 5) is 24.3. The van der Waals surface area contributed by atoms with E-state index < -0.39 is 21.8 Å². The van der Waals surface area contributed by atoms with Gasteiger partial charge < -0.3 is 0 Å². The van der Waals surface area contributed by atoms with Crippen LogP contribution in [0.5, 0.6) is 0 Å². The molecular formula is C19H23N3O4S. The monoisotopic (exact) mass is 389 g/mol. The molecule has 0 aliphatic carbocycles. The number of hydrogen-bond donors (Lipinski definition) is 2. The Bertz CT molecular complexity index is 903. The molecule has 0 radical (unpaired) electrons. The predicted molar refractivity (Wildman–Crippen MR) is 103 cm³/mol. The van der Waals surface area contributed by atoms with E-state index in [2.05, 4.69) is 10.9 Å². The van der Waals surface area contributed by atoms with E-state index in [4.69, 9.17) is 0 Å². The highest BCUT2D eigenvalue weighted by molar-refractivity contribution is 7.89. The van der Waals surface area contributed by atoms with Gasteiger partial charge in [-0.05, 0) is 43.3 Å². The van der Waals surface area contributed by atoms with Crippen molar-refractivity contribution >= 4 is 21.8 Å². The van der Waals surface area contributed by atoms with Crippen molar-refractivity contribution in [1.82, 2.24) is 15.2 Å². The Kier molecular flexibility index (Phi) is 6.70. The minimum atomic E-state index is -3.58. The van der Waals surface area contributed by atoms with Gasteiger partial charge in [0.1, 0.15) is 0 Å². The zero-order valence-corrected chi connectivity index (χ0v) is 16.3. The van der Waals surface area contributed by atoms with E-state index in [1.54, 1.807) is 38.1 Å². The maximum atomic E-state index is 12.4. The minimum absolute atomic E-state index is 0.117. The molecule has 0 aromatic heterocycles. The summed E-state index contributed by atoms with van der Waals surface area (Å²) in [6, 6.07) is 12.5. The first-order chi connectivity index (χ1) is 12.8. The Morgan fingerprint density at radius 1 is 0.815 bits per heavy atom. The highest BCUT2D eigenvalue weighted by Gasteiger charge is 2.21. The zero-order valence-electron chi connectivity index (χ0n) is 15.5. The first kappa shape index (κ1) is 20.6. The van der Waals surface area contributed by atoms with Gasteiger partial charge in [-0.2, -0.15) is 4.31 Å². The van der Waals surface area contributed by atoms with Crippen LogP contribution in [-0.4, -0.2) is 37.6 Å². The first-order valence-corrected chi connectivity index (χ1v) is 10.0. The molecule has 0 saturated carbocycles. The number of nitrogens with one attached hydrogen (secondary N) is 2. The topological polar surface area (TPSA) is 95.6 Å². The number of hydrogen-bond acceptors (Lipinski definition) is 4. The summed E-state index contributed by atoms with van der Waals surface area (Å²) in [5, 5.41) is 0. The van der Waals surface area contributed by atoms with Gasteiger partial charge in [-0.25, -0.2) is 8.42 Å². The zero-order chi connectivity index (χ0) is 20.0.